The quantitative estimate of drug-likeness (QED) is 0.733. The number of benzene rings is 1. The van der Waals surface area contributed by atoms with Gasteiger partial charge in [-0.05, 0) is 36.9 Å². The van der Waals surface area contributed by atoms with Crippen molar-refractivity contribution in [2.24, 2.45) is 11.8 Å². The van der Waals surface area contributed by atoms with Gasteiger partial charge >= 0.3 is 0 Å². The van der Waals surface area contributed by atoms with E-state index in [1.807, 2.05) is 11.9 Å². The highest BCUT2D eigenvalue weighted by atomic mass is 16.2. The summed E-state index contributed by atoms with van der Waals surface area (Å²) in [5, 5.41) is 0. The highest BCUT2D eigenvalue weighted by Gasteiger charge is 2.18. The molecule has 22 heavy (non-hydrogen) atoms. The van der Waals surface area contributed by atoms with Crippen LogP contribution < -0.4 is 0 Å². The molecule has 0 atom stereocenters. The summed E-state index contributed by atoms with van der Waals surface area (Å²) in [6, 6.07) is 8.37. The van der Waals surface area contributed by atoms with Crippen LogP contribution in [0.1, 0.15) is 38.8 Å². The monoisotopic (exact) mass is 304 g/mol. The van der Waals surface area contributed by atoms with Crippen LogP contribution in [-0.2, 0) is 11.3 Å². The molecule has 0 saturated carbocycles. The van der Waals surface area contributed by atoms with E-state index < -0.39 is 0 Å². The smallest absolute Gasteiger partial charge is 0.236 e. The van der Waals surface area contributed by atoms with E-state index in [4.69, 9.17) is 0 Å². The molecule has 0 aliphatic heterocycles. The van der Waals surface area contributed by atoms with Gasteiger partial charge < -0.3 is 4.90 Å². The molecule has 0 aliphatic rings. The SMILES string of the molecule is Cc1ccccc1CN(C)CC(=O)N(CC(C)C)CC(C)C. The highest BCUT2D eigenvalue weighted by molar-refractivity contribution is 5.78. The van der Waals surface area contributed by atoms with Crippen LogP contribution in [-0.4, -0.2) is 42.4 Å². The Morgan fingerprint density at radius 3 is 2.09 bits per heavy atom. The Morgan fingerprint density at radius 2 is 1.59 bits per heavy atom. The Balaban J connectivity index is 2.62. The molecule has 0 unspecified atom stereocenters. The molecule has 1 amide bonds. The van der Waals surface area contributed by atoms with E-state index in [1.54, 1.807) is 0 Å². The van der Waals surface area contributed by atoms with E-state index in [0.29, 0.717) is 18.4 Å². The first-order valence-corrected chi connectivity index (χ1v) is 8.30. The van der Waals surface area contributed by atoms with Crippen molar-refractivity contribution in [3.8, 4) is 0 Å². The summed E-state index contributed by atoms with van der Waals surface area (Å²) >= 11 is 0. The van der Waals surface area contributed by atoms with Gasteiger partial charge in [0, 0.05) is 19.6 Å². The fourth-order valence-corrected chi connectivity index (χ4v) is 2.62. The predicted molar refractivity (Wildman–Crippen MR) is 93.8 cm³/mol. The normalized spacial score (nSPS) is 11.5. The second-order valence-electron chi connectivity index (χ2n) is 7.19. The number of nitrogens with zero attached hydrogens (tertiary/aromatic N) is 2. The van der Waals surface area contributed by atoms with Crippen molar-refractivity contribution in [1.82, 2.24) is 9.80 Å². The van der Waals surface area contributed by atoms with E-state index in [1.165, 1.54) is 11.1 Å². The molecule has 0 bridgehead atoms. The minimum Gasteiger partial charge on any atom is -0.341 e. The predicted octanol–water partition coefficient (Wildman–Crippen LogP) is 3.57. The Morgan fingerprint density at radius 1 is 1.05 bits per heavy atom. The number of aryl methyl sites for hydroxylation is 1. The summed E-state index contributed by atoms with van der Waals surface area (Å²) in [5.74, 6) is 1.24. The van der Waals surface area contributed by atoms with Gasteiger partial charge in [-0.2, -0.15) is 0 Å². The summed E-state index contributed by atoms with van der Waals surface area (Å²) in [6.45, 7) is 13.8. The number of hydrogen-bond donors (Lipinski definition) is 0. The van der Waals surface area contributed by atoms with Crippen molar-refractivity contribution >= 4 is 5.91 Å². The molecule has 0 N–H and O–H groups in total. The summed E-state index contributed by atoms with van der Waals surface area (Å²) in [4.78, 5) is 16.7. The first-order valence-electron chi connectivity index (χ1n) is 8.30. The molecule has 124 valence electrons. The summed E-state index contributed by atoms with van der Waals surface area (Å²) in [5.41, 5.74) is 2.57. The van der Waals surface area contributed by atoms with Gasteiger partial charge in [-0.3, -0.25) is 9.69 Å². The molecule has 0 heterocycles. The van der Waals surface area contributed by atoms with E-state index in [-0.39, 0.29) is 5.91 Å². The van der Waals surface area contributed by atoms with Crippen LogP contribution in [0.3, 0.4) is 0 Å². The third-order valence-electron chi connectivity index (χ3n) is 3.63. The number of rotatable bonds is 8. The molecular formula is C19H32N2O. The summed E-state index contributed by atoms with van der Waals surface area (Å²) < 4.78 is 0. The Bertz CT molecular complexity index is 458. The molecule has 0 aromatic heterocycles. The van der Waals surface area contributed by atoms with Gasteiger partial charge in [-0.1, -0.05) is 52.0 Å². The molecular weight excluding hydrogens is 272 g/mol. The number of amides is 1. The molecule has 1 aromatic rings. The zero-order valence-corrected chi connectivity index (χ0v) is 15.1. The lowest BCUT2D eigenvalue weighted by molar-refractivity contribution is -0.133. The van der Waals surface area contributed by atoms with E-state index in [9.17, 15) is 4.79 Å². The third-order valence-corrected chi connectivity index (χ3v) is 3.63. The van der Waals surface area contributed by atoms with Crippen molar-refractivity contribution in [3.63, 3.8) is 0 Å². The molecule has 3 nitrogen and oxygen atoms in total. The Kier molecular flexibility index (Phi) is 7.60. The molecule has 0 spiro atoms. The average Bonchev–Trinajstić information content (AvgIpc) is 2.39. The molecule has 3 heteroatoms. The molecule has 0 radical (unpaired) electrons. The maximum absolute atomic E-state index is 12.6. The van der Waals surface area contributed by atoms with Crippen LogP contribution >= 0.6 is 0 Å². The maximum atomic E-state index is 12.6. The summed E-state index contributed by atoms with van der Waals surface area (Å²) in [6.07, 6.45) is 0. The minimum atomic E-state index is 0.235. The van der Waals surface area contributed by atoms with Gasteiger partial charge in [-0.15, -0.1) is 0 Å². The molecule has 1 rings (SSSR count). The van der Waals surface area contributed by atoms with Crippen molar-refractivity contribution in [3.05, 3.63) is 35.4 Å². The third kappa shape index (κ3) is 6.61. The van der Waals surface area contributed by atoms with Gasteiger partial charge in [0.1, 0.15) is 0 Å². The largest absolute Gasteiger partial charge is 0.341 e. The molecule has 1 aromatic carbocycles. The topological polar surface area (TPSA) is 23.6 Å². The van der Waals surface area contributed by atoms with Crippen LogP contribution in [0.25, 0.3) is 0 Å². The van der Waals surface area contributed by atoms with E-state index in [0.717, 1.165) is 19.6 Å². The fraction of sp³-hybridized carbons (Fsp3) is 0.632. The zero-order valence-electron chi connectivity index (χ0n) is 15.1. The lowest BCUT2D eigenvalue weighted by Crippen LogP contribution is -2.42. The average molecular weight is 304 g/mol. The lowest BCUT2D eigenvalue weighted by atomic mass is 10.1. The van der Waals surface area contributed by atoms with E-state index >= 15 is 0 Å². The Labute approximate surface area is 136 Å². The molecule has 0 saturated heterocycles. The van der Waals surface area contributed by atoms with Crippen molar-refractivity contribution < 1.29 is 4.79 Å². The first kappa shape index (κ1) is 18.7. The maximum Gasteiger partial charge on any atom is 0.236 e. The van der Waals surface area contributed by atoms with Gasteiger partial charge in [0.15, 0.2) is 0 Å². The summed E-state index contributed by atoms with van der Waals surface area (Å²) in [7, 11) is 2.02. The van der Waals surface area contributed by atoms with E-state index in [2.05, 4.69) is 63.8 Å². The van der Waals surface area contributed by atoms with Crippen LogP contribution in [0.5, 0.6) is 0 Å². The van der Waals surface area contributed by atoms with Crippen LogP contribution in [0.2, 0.25) is 0 Å². The number of likely N-dealkylation sites (N-methyl/N-ethyl adjacent to an activating group) is 1. The van der Waals surface area contributed by atoms with Gasteiger partial charge in [0.25, 0.3) is 0 Å². The van der Waals surface area contributed by atoms with Crippen molar-refractivity contribution in [2.45, 2.75) is 41.2 Å². The first-order chi connectivity index (χ1) is 10.3. The van der Waals surface area contributed by atoms with Gasteiger partial charge in [0.2, 0.25) is 5.91 Å². The lowest BCUT2D eigenvalue weighted by Gasteiger charge is -2.28. The molecule has 0 fully saturated rings. The van der Waals surface area contributed by atoms with Crippen molar-refractivity contribution in [2.75, 3.05) is 26.7 Å². The number of carbonyl (C=O) groups is 1. The molecule has 0 aliphatic carbocycles. The zero-order chi connectivity index (χ0) is 16.7. The van der Waals surface area contributed by atoms with Crippen LogP contribution in [0.15, 0.2) is 24.3 Å². The fourth-order valence-electron chi connectivity index (χ4n) is 2.62. The standard InChI is InChI=1S/C19H32N2O/c1-15(2)11-21(12-16(3)4)19(22)14-20(6)13-18-10-8-7-9-17(18)5/h7-10,15-16H,11-14H2,1-6H3. The van der Waals surface area contributed by atoms with Gasteiger partial charge in [0.05, 0.1) is 6.54 Å². The van der Waals surface area contributed by atoms with Crippen LogP contribution in [0.4, 0.5) is 0 Å². The second-order valence-corrected chi connectivity index (χ2v) is 7.19. The van der Waals surface area contributed by atoms with Gasteiger partial charge in [-0.25, -0.2) is 0 Å². The highest BCUT2D eigenvalue weighted by Crippen LogP contribution is 2.10. The Hall–Kier alpha value is -1.35. The second kappa shape index (κ2) is 8.94. The van der Waals surface area contributed by atoms with Crippen LogP contribution in [0, 0.1) is 18.8 Å². The number of hydrogen-bond acceptors (Lipinski definition) is 2. The number of carbonyl (C=O) groups excluding carboxylic acids is 1. The minimum absolute atomic E-state index is 0.235. The van der Waals surface area contributed by atoms with Crippen molar-refractivity contribution in [1.29, 1.82) is 0 Å².